The lowest BCUT2D eigenvalue weighted by Crippen LogP contribution is -2.07. The average Bonchev–Trinajstić information content (AvgIpc) is 2.82. The number of aryl methyl sites for hydroxylation is 2. The number of anilines is 1. The first-order chi connectivity index (χ1) is 9.97. The van der Waals surface area contributed by atoms with E-state index < -0.39 is 5.97 Å². The molecule has 0 saturated carbocycles. The van der Waals surface area contributed by atoms with Crippen molar-refractivity contribution in [3.8, 4) is 5.82 Å². The van der Waals surface area contributed by atoms with Gasteiger partial charge in [0.05, 0.1) is 16.7 Å². The van der Waals surface area contributed by atoms with Crippen LogP contribution in [0.4, 0.5) is 5.69 Å². The third-order valence-corrected chi connectivity index (χ3v) is 3.52. The number of hydrogen-bond donors (Lipinski definition) is 2. The maximum atomic E-state index is 11.1. The largest absolute Gasteiger partial charge is 0.477 e. The predicted molar refractivity (Wildman–Crippen MR) is 79.7 cm³/mol. The Morgan fingerprint density at radius 3 is 2.67 bits per heavy atom. The molecule has 0 aliphatic rings. The number of nitrogens with two attached hydrogens (primary N) is 1. The molecular weight excluding hydrogens is 268 g/mol. The van der Waals surface area contributed by atoms with Crippen LogP contribution in [0.15, 0.2) is 30.6 Å². The third kappa shape index (κ3) is 2.10. The Bertz CT molecular complexity index is 867. The van der Waals surface area contributed by atoms with E-state index in [1.807, 2.05) is 26.0 Å². The van der Waals surface area contributed by atoms with Crippen molar-refractivity contribution in [3.63, 3.8) is 0 Å². The standard InChI is InChI=1S/C15H14N4O2/c1-8-5-12-13(6-9(8)2)19(7-17-12)14-10(16)3-4-11(18-14)15(20)21/h3-7H,16H2,1-2H3,(H,20,21). The lowest BCUT2D eigenvalue weighted by atomic mass is 10.1. The van der Waals surface area contributed by atoms with Gasteiger partial charge in [-0.1, -0.05) is 0 Å². The second kappa shape index (κ2) is 4.59. The number of nitrogens with zero attached hydrogens (tertiary/aromatic N) is 3. The molecule has 6 nitrogen and oxygen atoms in total. The van der Waals surface area contributed by atoms with E-state index in [1.54, 1.807) is 17.0 Å². The van der Waals surface area contributed by atoms with E-state index in [0.29, 0.717) is 11.5 Å². The van der Waals surface area contributed by atoms with Crippen molar-refractivity contribution in [1.82, 2.24) is 14.5 Å². The molecule has 0 amide bonds. The fraction of sp³-hybridized carbons (Fsp3) is 0.133. The Morgan fingerprint density at radius 2 is 1.95 bits per heavy atom. The molecular formula is C15H14N4O2. The molecule has 21 heavy (non-hydrogen) atoms. The first-order valence-corrected chi connectivity index (χ1v) is 6.42. The summed E-state index contributed by atoms with van der Waals surface area (Å²) >= 11 is 0. The highest BCUT2D eigenvalue weighted by Crippen LogP contribution is 2.24. The summed E-state index contributed by atoms with van der Waals surface area (Å²) in [6.45, 7) is 4.03. The topological polar surface area (TPSA) is 94.0 Å². The first kappa shape index (κ1) is 13.1. The summed E-state index contributed by atoms with van der Waals surface area (Å²) < 4.78 is 1.71. The summed E-state index contributed by atoms with van der Waals surface area (Å²) in [4.78, 5) is 19.5. The number of rotatable bonds is 2. The monoisotopic (exact) mass is 282 g/mol. The molecule has 2 aromatic heterocycles. The highest BCUT2D eigenvalue weighted by molar-refractivity contribution is 5.87. The van der Waals surface area contributed by atoms with Crippen LogP contribution in [0.5, 0.6) is 0 Å². The molecule has 0 aliphatic carbocycles. The van der Waals surface area contributed by atoms with E-state index in [0.717, 1.165) is 22.2 Å². The van der Waals surface area contributed by atoms with Gasteiger partial charge in [-0.25, -0.2) is 14.8 Å². The Kier molecular flexibility index (Phi) is 2.86. The number of aromatic nitrogens is 3. The summed E-state index contributed by atoms with van der Waals surface area (Å²) in [6.07, 6.45) is 1.61. The molecule has 3 N–H and O–H groups in total. The number of aromatic carboxylic acids is 1. The fourth-order valence-electron chi connectivity index (χ4n) is 2.20. The van der Waals surface area contributed by atoms with Crippen LogP contribution in [0.25, 0.3) is 16.9 Å². The normalized spacial score (nSPS) is 11.0. The predicted octanol–water partition coefficient (Wildman–Crippen LogP) is 2.32. The van der Waals surface area contributed by atoms with Crippen molar-refractivity contribution in [2.45, 2.75) is 13.8 Å². The molecule has 1 aromatic carbocycles. The summed E-state index contributed by atoms with van der Waals surface area (Å²) in [5, 5.41) is 9.06. The number of hydrogen-bond acceptors (Lipinski definition) is 4. The number of carboxylic acids is 1. The van der Waals surface area contributed by atoms with Gasteiger partial charge in [0.1, 0.15) is 6.33 Å². The van der Waals surface area contributed by atoms with Crippen LogP contribution in [0.1, 0.15) is 21.6 Å². The molecule has 106 valence electrons. The highest BCUT2D eigenvalue weighted by Gasteiger charge is 2.13. The zero-order chi connectivity index (χ0) is 15.1. The smallest absolute Gasteiger partial charge is 0.354 e. The minimum absolute atomic E-state index is 0.0510. The maximum absolute atomic E-state index is 11.1. The van der Waals surface area contributed by atoms with Crippen LogP contribution >= 0.6 is 0 Å². The molecule has 0 aliphatic heterocycles. The van der Waals surface area contributed by atoms with E-state index in [2.05, 4.69) is 9.97 Å². The molecule has 0 atom stereocenters. The van der Waals surface area contributed by atoms with Gasteiger partial charge in [0, 0.05) is 0 Å². The summed E-state index contributed by atoms with van der Waals surface area (Å²) in [7, 11) is 0. The molecule has 0 bridgehead atoms. The molecule has 3 rings (SSSR count). The van der Waals surface area contributed by atoms with Crippen LogP contribution in [0.2, 0.25) is 0 Å². The third-order valence-electron chi connectivity index (χ3n) is 3.52. The molecule has 0 spiro atoms. The molecule has 0 unspecified atom stereocenters. The molecule has 6 heteroatoms. The van der Waals surface area contributed by atoms with Crippen LogP contribution in [0, 0.1) is 13.8 Å². The van der Waals surface area contributed by atoms with Crippen molar-refractivity contribution in [2.75, 3.05) is 5.73 Å². The van der Waals surface area contributed by atoms with Crippen LogP contribution in [-0.2, 0) is 0 Å². The maximum Gasteiger partial charge on any atom is 0.354 e. The van der Waals surface area contributed by atoms with Gasteiger partial charge in [-0.15, -0.1) is 0 Å². The lowest BCUT2D eigenvalue weighted by molar-refractivity contribution is 0.0690. The van der Waals surface area contributed by atoms with Crippen molar-refractivity contribution in [1.29, 1.82) is 0 Å². The molecule has 0 saturated heterocycles. The first-order valence-electron chi connectivity index (χ1n) is 6.42. The fourth-order valence-corrected chi connectivity index (χ4v) is 2.20. The van der Waals surface area contributed by atoms with Gasteiger partial charge in [0.2, 0.25) is 0 Å². The van der Waals surface area contributed by atoms with Crippen molar-refractivity contribution in [3.05, 3.63) is 47.4 Å². The van der Waals surface area contributed by atoms with Gasteiger partial charge in [0.15, 0.2) is 11.5 Å². The highest BCUT2D eigenvalue weighted by atomic mass is 16.4. The van der Waals surface area contributed by atoms with E-state index in [9.17, 15) is 4.79 Å². The van der Waals surface area contributed by atoms with E-state index in [4.69, 9.17) is 10.8 Å². The Balaban J connectivity index is 2.28. The summed E-state index contributed by atoms with van der Waals surface area (Å²) in [6, 6.07) is 6.90. The Hall–Kier alpha value is -2.89. The SMILES string of the molecule is Cc1cc2ncn(-c3nc(C(=O)O)ccc3N)c2cc1C. The summed E-state index contributed by atoms with van der Waals surface area (Å²) in [5.41, 5.74) is 10.2. The zero-order valence-corrected chi connectivity index (χ0v) is 11.7. The number of benzene rings is 1. The molecule has 2 heterocycles. The average molecular weight is 282 g/mol. The van der Waals surface area contributed by atoms with Crippen LogP contribution in [0.3, 0.4) is 0 Å². The van der Waals surface area contributed by atoms with Crippen molar-refractivity contribution in [2.24, 2.45) is 0 Å². The van der Waals surface area contributed by atoms with Gasteiger partial charge in [-0.2, -0.15) is 0 Å². The minimum Gasteiger partial charge on any atom is -0.477 e. The van der Waals surface area contributed by atoms with Crippen molar-refractivity contribution >= 4 is 22.7 Å². The van der Waals surface area contributed by atoms with Crippen molar-refractivity contribution < 1.29 is 9.90 Å². The molecule has 3 aromatic rings. The zero-order valence-electron chi connectivity index (χ0n) is 11.7. The molecule has 0 fully saturated rings. The second-order valence-corrected chi connectivity index (χ2v) is 4.95. The van der Waals surface area contributed by atoms with E-state index in [1.165, 1.54) is 6.07 Å². The Morgan fingerprint density at radius 1 is 1.24 bits per heavy atom. The van der Waals surface area contributed by atoms with E-state index >= 15 is 0 Å². The van der Waals surface area contributed by atoms with E-state index in [-0.39, 0.29) is 5.69 Å². The number of imidazole rings is 1. The second-order valence-electron chi connectivity index (χ2n) is 4.95. The number of fused-ring (bicyclic) bond motifs is 1. The number of carbonyl (C=O) groups is 1. The number of nitrogen functional groups attached to an aromatic ring is 1. The Labute approximate surface area is 120 Å². The van der Waals surface area contributed by atoms with Gasteiger partial charge < -0.3 is 10.8 Å². The molecule has 0 radical (unpaired) electrons. The number of carboxylic acid groups (broad SMARTS) is 1. The summed E-state index contributed by atoms with van der Waals surface area (Å²) in [5.74, 6) is -0.714. The van der Waals surface area contributed by atoms with Crippen LogP contribution in [-0.4, -0.2) is 25.6 Å². The lowest BCUT2D eigenvalue weighted by Gasteiger charge is -2.08. The van der Waals surface area contributed by atoms with Gasteiger partial charge in [0.25, 0.3) is 0 Å². The quantitative estimate of drug-likeness (QED) is 0.752. The minimum atomic E-state index is -1.09. The van der Waals surface area contributed by atoms with Gasteiger partial charge in [-0.05, 0) is 49.2 Å². The van der Waals surface area contributed by atoms with Gasteiger partial charge in [-0.3, -0.25) is 4.57 Å². The number of pyridine rings is 1. The van der Waals surface area contributed by atoms with Gasteiger partial charge >= 0.3 is 5.97 Å². The van der Waals surface area contributed by atoms with Crippen LogP contribution < -0.4 is 5.73 Å².